The normalized spacial score (nSPS) is 23.5. The van der Waals surface area contributed by atoms with Crippen LogP contribution in [0.4, 0.5) is 4.79 Å². The number of hydrogen-bond donors (Lipinski definition) is 1. The van der Waals surface area contributed by atoms with Crippen LogP contribution in [0.2, 0.25) is 0 Å². The highest BCUT2D eigenvalue weighted by molar-refractivity contribution is 7.80. The Morgan fingerprint density at radius 3 is 2.55 bits per heavy atom. The topological polar surface area (TPSA) is 113 Å². The largest absolute Gasteiger partial charge is 0.467 e. The molecule has 2 heterocycles. The van der Waals surface area contributed by atoms with Crippen molar-refractivity contribution < 1.29 is 31.6 Å². The van der Waals surface area contributed by atoms with Gasteiger partial charge in [0.1, 0.15) is 6.04 Å². The maximum absolute atomic E-state index is 12.3. The highest BCUT2D eigenvalue weighted by Gasteiger charge is 2.52. The molecule has 2 bridgehead atoms. The third kappa shape index (κ3) is 2.21. The zero-order chi connectivity index (χ0) is 16.1. The fraction of sp³-hybridized carbons (Fsp3) is 0.333. The van der Waals surface area contributed by atoms with Crippen LogP contribution in [-0.2, 0) is 24.2 Å². The van der Waals surface area contributed by atoms with Gasteiger partial charge in [0.25, 0.3) is 0 Å². The van der Waals surface area contributed by atoms with Gasteiger partial charge in [0.05, 0.1) is 13.7 Å². The van der Waals surface area contributed by atoms with E-state index in [0.29, 0.717) is 16.2 Å². The molecule has 1 aromatic rings. The molecule has 9 nitrogen and oxygen atoms in total. The van der Waals surface area contributed by atoms with E-state index in [2.05, 4.69) is 4.28 Å². The van der Waals surface area contributed by atoms with Crippen LogP contribution in [0.15, 0.2) is 24.3 Å². The van der Waals surface area contributed by atoms with Crippen LogP contribution in [0.5, 0.6) is 0 Å². The van der Waals surface area contributed by atoms with Gasteiger partial charge in [-0.2, -0.15) is 13.5 Å². The van der Waals surface area contributed by atoms with Crippen molar-refractivity contribution in [3.63, 3.8) is 0 Å². The summed E-state index contributed by atoms with van der Waals surface area (Å²) in [4.78, 5) is 25.5. The first kappa shape index (κ1) is 14.8. The minimum atomic E-state index is -4.86. The molecule has 1 N–H and O–H groups in total. The average molecular weight is 328 g/mol. The Morgan fingerprint density at radius 2 is 1.95 bits per heavy atom. The predicted octanol–water partition coefficient (Wildman–Crippen LogP) is 0.427. The van der Waals surface area contributed by atoms with E-state index in [1.807, 2.05) is 0 Å². The molecule has 2 amide bonds. The molecule has 2 aliphatic heterocycles. The van der Waals surface area contributed by atoms with Crippen molar-refractivity contribution in [1.82, 2.24) is 9.96 Å². The van der Waals surface area contributed by atoms with Crippen molar-refractivity contribution >= 4 is 22.4 Å². The minimum Gasteiger partial charge on any atom is -0.467 e. The number of amides is 2. The summed E-state index contributed by atoms with van der Waals surface area (Å²) in [5.74, 6) is -0.645. The lowest BCUT2D eigenvalue weighted by Crippen LogP contribution is -2.39. The second-order valence-electron chi connectivity index (χ2n) is 4.83. The van der Waals surface area contributed by atoms with Gasteiger partial charge in [-0.15, -0.1) is 4.28 Å². The fourth-order valence-corrected chi connectivity index (χ4v) is 3.19. The summed E-state index contributed by atoms with van der Waals surface area (Å²) < 4.78 is 39.8. The number of carbonyl (C=O) groups excluding carboxylic acids is 2. The lowest BCUT2D eigenvalue weighted by Gasteiger charge is -2.30. The summed E-state index contributed by atoms with van der Waals surface area (Å²) in [6.45, 7) is 0.0468. The van der Waals surface area contributed by atoms with E-state index in [4.69, 9.17) is 9.29 Å². The molecular weight excluding hydrogens is 316 g/mol. The highest BCUT2D eigenvalue weighted by atomic mass is 32.3. The number of hydrogen-bond acceptors (Lipinski definition) is 6. The van der Waals surface area contributed by atoms with Crippen molar-refractivity contribution in [2.75, 3.05) is 13.7 Å². The van der Waals surface area contributed by atoms with Crippen LogP contribution >= 0.6 is 0 Å². The number of esters is 1. The van der Waals surface area contributed by atoms with E-state index < -0.39 is 34.5 Å². The third-order valence-corrected chi connectivity index (χ3v) is 4.00. The number of methoxy groups -OCH3 is 1. The molecule has 1 fully saturated rings. The maximum Gasteiger partial charge on any atom is 0.418 e. The van der Waals surface area contributed by atoms with Crippen LogP contribution in [0.25, 0.3) is 0 Å². The summed E-state index contributed by atoms with van der Waals surface area (Å²) in [6, 6.07) is 4.13. The monoisotopic (exact) mass is 328 g/mol. The number of hydroxylamine groups is 2. The molecule has 0 saturated carbocycles. The summed E-state index contributed by atoms with van der Waals surface area (Å²) in [6.07, 6.45) is 0. The van der Waals surface area contributed by atoms with E-state index in [1.165, 1.54) is 7.11 Å². The summed E-state index contributed by atoms with van der Waals surface area (Å²) in [7, 11) is -3.66. The molecule has 2 atom stereocenters. The maximum atomic E-state index is 12.3. The Balaban J connectivity index is 2.10. The van der Waals surface area contributed by atoms with E-state index in [1.54, 1.807) is 24.3 Å². The van der Waals surface area contributed by atoms with E-state index >= 15 is 0 Å². The molecule has 1 saturated heterocycles. The molecule has 3 rings (SSSR count). The molecule has 0 spiro atoms. The van der Waals surface area contributed by atoms with Gasteiger partial charge in [-0.1, -0.05) is 24.3 Å². The van der Waals surface area contributed by atoms with Crippen LogP contribution in [0, 0.1) is 0 Å². The molecule has 118 valence electrons. The van der Waals surface area contributed by atoms with E-state index in [9.17, 15) is 18.0 Å². The number of nitrogens with zero attached hydrogens (tertiary/aromatic N) is 2. The average Bonchev–Trinajstić information content (AvgIpc) is 2.73. The molecule has 2 aliphatic rings. The summed E-state index contributed by atoms with van der Waals surface area (Å²) in [5, 5.41) is 0.553. The molecule has 10 heteroatoms. The Morgan fingerprint density at radius 1 is 1.32 bits per heavy atom. The Kier molecular flexibility index (Phi) is 3.31. The first-order valence-corrected chi connectivity index (χ1v) is 7.63. The van der Waals surface area contributed by atoms with Crippen LogP contribution in [0.3, 0.4) is 0 Å². The lowest BCUT2D eigenvalue weighted by atomic mass is 9.91. The second-order valence-corrected chi connectivity index (χ2v) is 5.84. The first-order chi connectivity index (χ1) is 10.3. The van der Waals surface area contributed by atoms with E-state index in [0.717, 1.165) is 4.90 Å². The first-order valence-electron chi connectivity index (χ1n) is 6.27. The lowest BCUT2D eigenvalue weighted by molar-refractivity contribution is -0.146. The Bertz CT molecular complexity index is 748. The third-order valence-electron chi connectivity index (χ3n) is 3.65. The van der Waals surface area contributed by atoms with Crippen molar-refractivity contribution in [2.45, 2.75) is 12.1 Å². The molecule has 0 aromatic heterocycles. The van der Waals surface area contributed by atoms with Crippen LogP contribution < -0.4 is 0 Å². The van der Waals surface area contributed by atoms with Gasteiger partial charge in [0, 0.05) is 0 Å². The van der Waals surface area contributed by atoms with Gasteiger partial charge in [-0.25, -0.2) is 9.59 Å². The van der Waals surface area contributed by atoms with Crippen LogP contribution in [-0.4, -0.2) is 48.6 Å². The standard InChI is InChI=1S/C12H12N2O7S/c1-20-11(15)10-8-5-3-2-4-7(8)9-6-13(10)12(16)14(9)21-22(17,18)19/h2-5,9-10H,6H2,1H3,(H,17,18,19)/t9-,10+/m0/s1. The van der Waals surface area contributed by atoms with Crippen molar-refractivity contribution in [1.29, 1.82) is 0 Å². The number of carbonyl (C=O) groups is 2. The molecule has 22 heavy (non-hydrogen) atoms. The minimum absolute atomic E-state index is 0.0468. The fourth-order valence-electron chi connectivity index (χ4n) is 2.82. The molecule has 0 unspecified atom stereocenters. The number of benzene rings is 1. The van der Waals surface area contributed by atoms with Gasteiger partial charge in [-0.3, -0.25) is 4.55 Å². The van der Waals surface area contributed by atoms with Gasteiger partial charge < -0.3 is 9.64 Å². The summed E-state index contributed by atoms with van der Waals surface area (Å²) >= 11 is 0. The van der Waals surface area contributed by atoms with Crippen molar-refractivity contribution in [2.24, 2.45) is 0 Å². The Hall–Kier alpha value is -2.17. The highest BCUT2D eigenvalue weighted by Crippen LogP contribution is 2.44. The molecule has 0 aliphatic carbocycles. The number of fused-ring (bicyclic) bond motifs is 4. The Labute approximate surface area is 125 Å². The summed E-state index contributed by atoms with van der Waals surface area (Å²) in [5.41, 5.74) is 1.09. The SMILES string of the molecule is COC(=O)[C@H]1c2ccccc2[C@@H]2CN1C(=O)N2OS(=O)(=O)O. The smallest absolute Gasteiger partial charge is 0.418 e. The van der Waals surface area contributed by atoms with Crippen LogP contribution in [0.1, 0.15) is 23.2 Å². The van der Waals surface area contributed by atoms with Crippen molar-refractivity contribution in [3.05, 3.63) is 35.4 Å². The zero-order valence-corrected chi connectivity index (χ0v) is 12.2. The quantitative estimate of drug-likeness (QED) is 0.632. The number of rotatable bonds is 3. The van der Waals surface area contributed by atoms with Gasteiger partial charge in [0.15, 0.2) is 6.04 Å². The predicted molar refractivity (Wildman–Crippen MR) is 70.5 cm³/mol. The van der Waals surface area contributed by atoms with Crippen molar-refractivity contribution in [3.8, 4) is 0 Å². The zero-order valence-electron chi connectivity index (χ0n) is 11.4. The number of ether oxygens (including phenoxy) is 1. The molecular formula is C12H12N2O7S. The van der Waals surface area contributed by atoms with Gasteiger partial charge in [0.2, 0.25) is 0 Å². The molecule has 0 radical (unpaired) electrons. The second kappa shape index (κ2) is 4.93. The van der Waals surface area contributed by atoms with Gasteiger partial charge >= 0.3 is 22.4 Å². The van der Waals surface area contributed by atoms with Gasteiger partial charge in [-0.05, 0) is 11.1 Å². The van der Waals surface area contributed by atoms with E-state index in [-0.39, 0.29) is 6.54 Å². The molecule has 1 aromatic carbocycles. The number of urea groups is 1.